The number of hydrogen-bond acceptors (Lipinski definition) is 2. The number of hydrogen-bond donors (Lipinski definition) is 2. The summed E-state index contributed by atoms with van der Waals surface area (Å²) in [4.78, 5) is 8.20. The Bertz CT molecular complexity index is 1000. The first-order valence-corrected chi connectivity index (χ1v) is 8.23. The van der Waals surface area contributed by atoms with Crippen molar-refractivity contribution in [3.8, 4) is 39.7 Å². The molecule has 3 nitrogen and oxygen atoms in total. The van der Waals surface area contributed by atoms with Gasteiger partial charge in [0.15, 0.2) is 0 Å². The third-order valence-corrected chi connectivity index (χ3v) is 4.25. The molecule has 0 saturated carbocycles. The number of benzene rings is 3. The number of imidazole rings is 1. The number of nitrogens with zero attached hydrogens (tertiary/aromatic N) is 1. The van der Waals surface area contributed by atoms with E-state index in [9.17, 15) is 5.11 Å². The number of aromatic amines is 1. The maximum Gasteiger partial charge on any atom is 0.142 e. The molecule has 0 aliphatic heterocycles. The third-order valence-electron chi connectivity index (χ3n) is 4.25. The molecule has 0 unspecified atom stereocenters. The first kappa shape index (κ1) is 15.2. The molecule has 25 heavy (non-hydrogen) atoms. The lowest BCUT2D eigenvalue weighted by molar-refractivity contribution is 0.477. The van der Waals surface area contributed by atoms with Crippen LogP contribution >= 0.6 is 0 Å². The lowest BCUT2D eigenvalue weighted by Crippen LogP contribution is -1.84. The zero-order valence-corrected chi connectivity index (χ0v) is 13.9. The minimum absolute atomic E-state index is 0.214. The van der Waals surface area contributed by atoms with Crippen molar-refractivity contribution in [2.75, 3.05) is 0 Å². The molecule has 3 heteroatoms. The van der Waals surface area contributed by atoms with E-state index in [1.54, 1.807) is 12.1 Å². The number of nitrogens with one attached hydrogen (secondary N) is 1. The molecule has 1 aromatic heterocycles. The van der Waals surface area contributed by atoms with E-state index in [2.05, 4.69) is 36.2 Å². The zero-order valence-electron chi connectivity index (χ0n) is 13.9. The lowest BCUT2D eigenvalue weighted by Gasteiger charge is -2.03. The van der Waals surface area contributed by atoms with Crippen molar-refractivity contribution in [3.63, 3.8) is 0 Å². The molecular weight excluding hydrogens is 308 g/mol. The van der Waals surface area contributed by atoms with Gasteiger partial charge in [-0.3, -0.25) is 0 Å². The summed E-state index contributed by atoms with van der Waals surface area (Å²) < 4.78 is 0. The number of phenolic OH excluding ortho intramolecular Hbond substituents is 1. The van der Waals surface area contributed by atoms with E-state index in [-0.39, 0.29) is 5.75 Å². The number of aryl methyl sites for hydroxylation is 1. The van der Waals surface area contributed by atoms with Crippen molar-refractivity contribution < 1.29 is 5.11 Å². The molecule has 0 amide bonds. The van der Waals surface area contributed by atoms with Crippen LogP contribution in [0.2, 0.25) is 0 Å². The molecule has 0 spiro atoms. The number of aromatic nitrogens is 2. The van der Waals surface area contributed by atoms with Crippen LogP contribution in [0.25, 0.3) is 33.9 Å². The number of para-hydroxylation sites is 1. The summed E-state index contributed by atoms with van der Waals surface area (Å²) in [6, 6.07) is 25.7. The number of H-pyrrole nitrogens is 1. The molecular formula is C22H18N2O. The average molecular weight is 326 g/mol. The van der Waals surface area contributed by atoms with E-state index in [0.717, 1.165) is 22.5 Å². The van der Waals surface area contributed by atoms with Crippen LogP contribution in [0.3, 0.4) is 0 Å². The molecule has 0 bridgehead atoms. The van der Waals surface area contributed by atoms with Crippen LogP contribution in [-0.4, -0.2) is 15.1 Å². The number of phenols is 1. The topological polar surface area (TPSA) is 48.9 Å². The maximum atomic E-state index is 10.2. The van der Waals surface area contributed by atoms with Gasteiger partial charge in [-0.05, 0) is 19.1 Å². The van der Waals surface area contributed by atoms with Crippen LogP contribution in [0, 0.1) is 6.92 Å². The van der Waals surface area contributed by atoms with Crippen molar-refractivity contribution in [2.24, 2.45) is 0 Å². The van der Waals surface area contributed by atoms with Gasteiger partial charge in [-0.15, -0.1) is 0 Å². The normalized spacial score (nSPS) is 10.8. The monoisotopic (exact) mass is 326 g/mol. The Labute approximate surface area is 146 Å². The van der Waals surface area contributed by atoms with Crippen molar-refractivity contribution in [1.29, 1.82) is 0 Å². The first-order chi connectivity index (χ1) is 12.2. The van der Waals surface area contributed by atoms with Crippen molar-refractivity contribution >= 4 is 0 Å². The molecule has 0 atom stereocenters. The van der Waals surface area contributed by atoms with Gasteiger partial charge < -0.3 is 10.1 Å². The second kappa shape index (κ2) is 6.29. The maximum absolute atomic E-state index is 10.2. The zero-order chi connectivity index (χ0) is 17.2. The minimum Gasteiger partial charge on any atom is -0.507 e. The summed E-state index contributed by atoms with van der Waals surface area (Å²) in [5.74, 6) is 0.874. The van der Waals surface area contributed by atoms with E-state index < -0.39 is 0 Å². The highest BCUT2D eigenvalue weighted by atomic mass is 16.3. The van der Waals surface area contributed by atoms with Gasteiger partial charge in [-0.1, -0.05) is 72.3 Å². The fourth-order valence-electron chi connectivity index (χ4n) is 2.91. The molecule has 0 fully saturated rings. The van der Waals surface area contributed by atoms with E-state index >= 15 is 0 Å². The molecule has 0 aliphatic carbocycles. The van der Waals surface area contributed by atoms with Crippen molar-refractivity contribution in [2.45, 2.75) is 6.92 Å². The van der Waals surface area contributed by atoms with Gasteiger partial charge in [0.25, 0.3) is 0 Å². The van der Waals surface area contributed by atoms with Crippen LogP contribution in [0.1, 0.15) is 5.56 Å². The van der Waals surface area contributed by atoms with Gasteiger partial charge in [0.1, 0.15) is 11.6 Å². The summed E-state index contributed by atoms with van der Waals surface area (Å²) >= 11 is 0. The van der Waals surface area contributed by atoms with Gasteiger partial charge in [0, 0.05) is 11.1 Å². The average Bonchev–Trinajstić information content (AvgIpc) is 3.08. The van der Waals surface area contributed by atoms with E-state index in [4.69, 9.17) is 4.98 Å². The minimum atomic E-state index is 0.214. The van der Waals surface area contributed by atoms with Crippen LogP contribution in [0.15, 0.2) is 78.9 Å². The van der Waals surface area contributed by atoms with E-state index in [1.807, 2.05) is 42.5 Å². The summed E-state index contributed by atoms with van der Waals surface area (Å²) in [5.41, 5.74) is 5.84. The molecule has 2 N–H and O–H groups in total. The smallest absolute Gasteiger partial charge is 0.142 e. The summed E-state index contributed by atoms with van der Waals surface area (Å²) in [7, 11) is 0. The Morgan fingerprint density at radius 1 is 0.760 bits per heavy atom. The SMILES string of the molecule is Cc1ccc(-c2[nH]c(-c3ccccc3O)nc2-c2ccccc2)cc1. The molecule has 122 valence electrons. The molecule has 4 rings (SSSR count). The highest BCUT2D eigenvalue weighted by Gasteiger charge is 2.16. The second-order valence-corrected chi connectivity index (χ2v) is 6.06. The number of aromatic hydroxyl groups is 1. The first-order valence-electron chi connectivity index (χ1n) is 8.23. The lowest BCUT2D eigenvalue weighted by atomic mass is 10.0. The Balaban J connectivity index is 1.92. The van der Waals surface area contributed by atoms with E-state index in [0.29, 0.717) is 11.4 Å². The van der Waals surface area contributed by atoms with E-state index in [1.165, 1.54) is 5.56 Å². The van der Waals surface area contributed by atoms with Crippen LogP contribution in [0.4, 0.5) is 0 Å². The summed E-state index contributed by atoms with van der Waals surface area (Å²) in [5, 5.41) is 10.2. The van der Waals surface area contributed by atoms with Gasteiger partial charge in [-0.25, -0.2) is 4.98 Å². The second-order valence-electron chi connectivity index (χ2n) is 6.06. The largest absolute Gasteiger partial charge is 0.507 e. The van der Waals surface area contributed by atoms with Crippen molar-refractivity contribution in [1.82, 2.24) is 9.97 Å². The summed E-state index contributed by atoms with van der Waals surface area (Å²) in [6.07, 6.45) is 0. The highest BCUT2D eigenvalue weighted by Crippen LogP contribution is 2.35. The van der Waals surface area contributed by atoms with Gasteiger partial charge in [0.05, 0.1) is 17.0 Å². The molecule has 0 saturated heterocycles. The Morgan fingerprint density at radius 2 is 1.44 bits per heavy atom. The fourth-order valence-corrected chi connectivity index (χ4v) is 2.91. The Morgan fingerprint density at radius 3 is 2.16 bits per heavy atom. The number of rotatable bonds is 3. The van der Waals surface area contributed by atoms with Crippen LogP contribution < -0.4 is 0 Å². The summed E-state index contributed by atoms with van der Waals surface area (Å²) in [6.45, 7) is 2.07. The van der Waals surface area contributed by atoms with Gasteiger partial charge in [-0.2, -0.15) is 0 Å². The third kappa shape index (κ3) is 2.92. The quantitative estimate of drug-likeness (QED) is 0.528. The Hall–Kier alpha value is -3.33. The predicted octanol–water partition coefficient (Wildman–Crippen LogP) is 5.42. The standard InChI is InChI=1S/C22H18N2O/c1-15-11-13-17(14-12-15)21-20(16-7-3-2-4-8-16)23-22(24-21)18-9-5-6-10-19(18)25/h2-14,25H,1H3,(H,23,24). The fraction of sp³-hybridized carbons (Fsp3) is 0.0455. The highest BCUT2D eigenvalue weighted by molar-refractivity contribution is 5.82. The van der Waals surface area contributed by atoms with Crippen LogP contribution in [-0.2, 0) is 0 Å². The van der Waals surface area contributed by atoms with Gasteiger partial charge >= 0.3 is 0 Å². The Kier molecular flexibility index (Phi) is 3.82. The molecule has 0 radical (unpaired) electrons. The molecule has 1 heterocycles. The molecule has 0 aliphatic rings. The van der Waals surface area contributed by atoms with Gasteiger partial charge in [0.2, 0.25) is 0 Å². The predicted molar refractivity (Wildman–Crippen MR) is 101 cm³/mol. The van der Waals surface area contributed by atoms with Crippen LogP contribution in [0.5, 0.6) is 5.75 Å². The van der Waals surface area contributed by atoms with Crippen molar-refractivity contribution in [3.05, 3.63) is 84.4 Å². The molecule has 3 aromatic carbocycles. The molecule has 4 aromatic rings.